The van der Waals surface area contributed by atoms with E-state index >= 15 is 0 Å². The molecule has 3 N–H and O–H groups in total. The summed E-state index contributed by atoms with van der Waals surface area (Å²) in [7, 11) is -3.71. The molecule has 2 aliphatic rings. The van der Waals surface area contributed by atoms with E-state index in [4.69, 9.17) is 47.4 Å². The van der Waals surface area contributed by atoms with E-state index in [9.17, 15) is 33.0 Å². The van der Waals surface area contributed by atoms with Crippen LogP contribution in [0.1, 0.15) is 64.5 Å². The number of aliphatic carboxylic acids is 1. The molecule has 2 aromatic carbocycles. The first-order valence-corrected chi connectivity index (χ1v) is 22.7. The summed E-state index contributed by atoms with van der Waals surface area (Å²) < 4.78 is 40.4. The van der Waals surface area contributed by atoms with Crippen LogP contribution in [-0.4, -0.2) is 90.8 Å². The minimum absolute atomic E-state index is 0.00962. The maximum atomic E-state index is 14.3. The van der Waals surface area contributed by atoms with Crippen LogP contribution in [0.3, 0.4) is 0 Å². The van der Waals surface area contributed by atoms with Gasteiger partial charge in [-0.1, -0.05) is 36.7 Å². The van der Waals surface area contributed by atoms with Crippen molar-refractivity contribution in [1.82, 2.24) is 5.32 Å². The molecule has 1 atom stereocenters. The largest absolute Gasteiger partial charge is 0.778 e. The number of ether oxygens (including phenoxy) is 3. The molecule has 1 aliphatic carbocycles. The molecule has 4 rings (SSSR count). The Morgan fingerprint density at radius 2 is 1.77 bits per heavy atom. The number of carboxylic acids is 1. The predicted octanol–water partition coefficient (Wildman–Crippen LogP) is 6.36. The Morgan fingerprint density at radius 1 is 1.16 bits per heavy atom. The van der Waals surface area contributed by atoms with Crippen LogP contribution in [0.4, 0.5) is 20.6 Å². The SMILES string of the molecule is CC(C)=C1OC(=O)N(c2cc(OC3CCCC3)c(Cl)cc2F)C1=O.CCOCN(C(=O)CCl)c1c(C)cccc1CC.C[S+](C)C.O=C(O)CNCP(=O)([O-])O. The molecule has 1 saturated carbocycles. The fraction of sp³-hybridized carbons (Fsp3) is 0.514. The number of allylic oxidation sites excluding steroid dienone is 1. The van der Waals surface area contributed by atoms with Gasteiger partial charge in [0, 0.05) is 12.7 Å². The number of nitrogens with zero attached hydrogens (tertiary/aromatic N) is 2. The number of carbonyl (C=O) groups is 4. The van der Waals surface area contributed by atoms with Gasteiger partial charge < -0.3 is 33.7 Å². The molecule has 56 heavy (non-hydrogen) atoms. The Hall–Kier alpha value is -3.21. The summed E-state index contributed by atoms with van der Waals surface area (Å²) in [5.41, 5.74) is 3.44. The monoisotopic (exact) mass is 867 g/mol. The van der Waals surface area contributed by atoms with E-state index in [0.29, 0.717) is 28.0 Å². The first kappa shape index (κ1) is 50.8. The zero-order valence-corrected chi connectivity index (χ0v) is 36.2. The van der Waals surface area contributed by atoms with Gasteiger partial charge in [0.2, 0.25) is 5.91 Å². The first-order valence-electron chi connectivity index (χ1n) is 17.5. The second-order valence-electron chi connectivity index (χ2n) is 13.0. The van der Waals surface area contributed by atoms with Crippen molar-refractivity contribution < 1.29 is 57.2 Å². The van der Waals surface area contributed by atoms with Crippen molar-refractivity contribution in [2.24, 2.45) is 0 Å². The molecule has 0 radical (unpaired) electrons. The van der Waals surface area contributed by atoms with Crippen molar-refractivity contribution in [3.8, 4) is 5.75 Å². The van der Waals surface area contributed by atoms with E-state index in [1.165, 1.54) is 6.07 Å². The normalized spacial score (nSPS) is 14.8. The number of imide groups is 1. The third-order valence-corrected chi connectivity index (χ3v) is 8.61. The number of nitrogens with one attached hydrogen (secondary N) is 1. The Labute approximate surface area is 341 Å². The lowest BCUT2D eigenvalue weighted by Gasteiger charge is -2.25. The van der Waals surface area contributed by atoms with E-state index in [1.807, 2.05) is 37.4 Å². The van der Waals surface area contributed by atoms with Crippen LogP contribution in [-0.2, 0) is 45.7 Å². The maximum absolute atomic E-state index is 14.3. The number of hydrogen-bond acceptors (Lipinski definition) is 10. The minimum atomic E-state index is -4.35. The molecule has 0 spiro atoms. The molecule has 3 amide bonds. The van der Waals surface area contributed by atoms with E-state index in [1.54, 1.807) is 18.7 Å². The summed E-state index contributed by atoms with van der Waals surface area (Å²) in [6, 6.07) is 8.35. The fourth-order valence-electron chi connectivity index (χ4n) is 5.06. The highest BCUT2D eigenvalue weighted by Crippen LogP contribution is 2.37. The highest BCUT2D eigenvalue weighted by atomic mass is 35.5. The number of alkyl halides is 1. The number of amides is 3. The number of rotatable bonds is 13. The lowest BCUT2D eigenvalue weighted by molar-refractivity contribution is -0.193. The van der Waals surface area contributed by atoms with Gasteiger partial charge in [-0.05, 0) is 93.5 Å². The lowest BCUT2D eigenvalue weighted by Crippen LogP contribution is -2.35. The van der Waals surface area contributed by atoms with Crippen LogP contribution in [0.5, 0.6) is 5.75 Å². The molecule has 1 aliphatic heterocycles. The van der Waals surface area contributed by atoms with Crippen LogP contribution >= 0.6 is 30.8 Å². The second kappa shape index (κ2) is 25.2. The molecular formula is C37H53Cl2FN3O11PS. The van der Waals surface area contributed by atoms with Crippen LogP contribution < -0.4 is 24.7 Å². The van der Waals surface area contributed by atoms with Gasteiger partial charge in [-0.3, -0.25) is 24.6 Å². The summed E-state index contributed by atoms with van der Waals surface area (Å²) in [6.07, 6.45) is 9.74. The summed E-state index contributed by atoms with van der Waals surface area (Å²) in [5.74, 6) is -2.67. The van der Waals surface area contributed by atoms with Crippen molar-refractivity contribution in [3.63, 3.8) is 0 Å². The van der Waals surface area contributed by atoms with Crippen LogP contribution in [0.2, 0.25) is 5.02 Å². The lowest BCUT2D eigenvalue weighted by atomic mass is 10.0. The summed E-state index contributed by atoms with van der Waals surface area (Å²) in [5, 5.41) is 10.1. The van der Waals surface area contributed by atoms with E-state index in [2.05, 4.69) is 25.7 Å². The van der Waals surface area contributed by atoms with Crippen molar-refractivity contribution in [2.75, 3.05) is 60.6 Å². The Morgan fingerprint density at radius 3 is 2.25 bits per heavy atom. The van der Waals surface area contributed by atoms with Crippen molar-refractivity contribution in [2.45, 2.75) is 72.8 Å². The van der Waals surface area contributed by atoms with Gasteiger partial charge in [0.15, 0.2) is 5.76 Å². The molecule has 1 heterocycles. The Bertz CT molecular complexity index is 1720. The number of para-hydroxylation sites is 1. The van der Waals surface area contributed by atoms with Crippen LogP contribution in [0.15, 0.2) is 41.7 Å². The van der Waals surface area contributed by atoms with Gasteiger partial charge in [-0.2, -0.15) is 0 Å². The highest BCUT2D eigenvalue weighted by Gasteiger charge is 2.40. The average Bonchev–Trinajstić information content (AvgIpc) is 3.73. The minimum Gasteiger partial charge on any atom is -0.778 e. The molecule has 19 heteroatoms. The molecule has 314 valence electrons. The summed E-state index contributed by atoms with van der Waals surface area (Å²) in [6.45, 7) is 9.58. The highest BCUT2D eigenvalue weighted by molar-refractivity contribution is 7.94. The second-order valence-corrected chi connectivity index (χ2v) is 17.7. The molecule has 1 unspecified atom stereocenters. The Balaban J connectivity index is 0.000000431. The third-order valence-electron chi connectivity index (χ3n) is 7.46. The van der Waals surface area contributed by atoms with Gasteiger partial charge in [0.05, 0.1) is 54.1 Å². The quantitative estimate of drug-likeness (QED) is 0.0664. The van der Waals surface area contributed by atoms with E-state index in [0.717, 1.165) is 55.0 Å². The predicted molar refractivity (Wildman–Crippen MR) is 217 cm³/mol. The number of cyclic esters (lactones) is 1. The zero-order valence-electron chi connectivity index (χ0n) is 33.0. The van der Waals surface area contributed by atoms with Crippen molar-refractivity contribution >= 4 is 76.9 Å². The van der Waals surface area contributed by atoms with Crippen LogP contribution in [0, 0.1) is 12.7 Å². The molecule has 2 aromatic rings. The Kier molecular flexibility index (Phi) is 22.9. The molecular weight excluding hydrogens is 815 g/mol. The number of aryl methyl sites for hydroxylation is 2. The summed E-state index contributed by atoms with van der Waals surface area (Å²) in [4.78, 5) is 66.3. The summed E-state index contributed by atoms with van der Waals surface area (Å²) >= 11 is 11.7. The molecule has 1 saturated heterocycles. The van der Waals surface area contributed by atoms with E-state index < -0.39 is 44.2 Å². The zero-order chi connectivity index (χ0) is 42.7. The third kappa shape index (κ3) is 17.5. The number of carboxylic acid groups (broad SMARTS) is 1. The number of anilines is 2. The van der Waals surface area contributed by atoms with Gasteiger partial charge in [-0.25, -0.2) is 14.1 Å². The maximum Gasteiger partial charge on any atom is 0.427 e. The number of benzene rings is 2. The van der Waals surface area contributed by atoms with Gasteiger partial charge >= 0.3 is 18.0 Å². The fourth-order valence-corrected chi connectivity index (χ4v) is 5.80. The molecule has 0 aromatic heterocycles. The smallest absolute Gasteiger partial charge is 0.427 e. The number of halogens is 3. The van der Waals surface area contributed by atoms with Gasteiger partial charge in [0.25, 0.3) is 0 Å². The first-order chi connectivity index (χ1) is 26.2. The van der Waals surface area contributed by atoms with Gasteiger partial charge in [0.1, 0.15) is 31.8 Å². The van der Waals surface area contributed by atoms with E-state index in [-0.39, 0.29) is 46.8 Å². The standard InChI is InChI=1S/C17H17ClFNO4.C14H20ClNO2.C3H8NO5P.C3H9S/c1-9(2)15-16(21)20(17(22)24-15)13-8-14(11(18)7-12(13)19)23-10-5-3-4-6-10;1-4-12-8-6-7-11(3)14(12)16(10-18-5-2)13(17)9-15;5-3(6)1-4-2-10(7,8)9;1-4(2)3/h7-8,10H,3-6H2,1-2H3;6-8H,4-5,9-10H2,1-3H3;4H,1-2H2,(H,5,6)(H2,7,8,9);1-3H3/q;;;+1/p-1. The average molecular weight is 869 g/mol. The number of hydrogen-bond donors (Lipinski definition) is 3. The topological polar surface area (TPSA) is 195 Å². The molecule has 2 fully saturated rings. The van der Waals surface area contributed by atoms with Crippen molar-refractivity contribution in [3.05, 3.63) is 63.6 Å². The van der Waals surface area contributed by atoms with Crippen LogP contribution in [0.25, 0.3) is 0 Å². The molecule has 14 nitrogen and oxygen atoms in total. The number of carbonyl (C=O) groups excluding carboxylic acids is 3. The van der Waals surface area contributed by atoms with Crippen molar-refractivity contribution in [1.29, 1.82) is 0 Å². The van der Waals surface area contributed by atoms with Gasteiger partial charge in [-0.15, -0.1) is 11.6 Å². The molecule has 0 bridgehead atoms.